The molecule has 5 heteroatoms. The third kappa shape index (κ3) is 2.56. The summed E-state index contributed by atoms with van der Waals surface area (Å²) < 4.78 is 5.53. The molecule has 0 aromatic heterocycles. The van der Waals surface area contributed by atoms with Gasteiger partial charge in [0.2, 0.25) is 0 Å². The van der Waals surface area contributed by atoms with Crippen LogP contribution in [-0.2, 0) is 4.74 Å². The number of halogens is 3. The molecule has 1 heterocycles. The largest absolute Gasteiger partial charge is 0.473 e. The third-order valence-electron chi connectivity index (χ3n) is 2.77. The third-order valence-corrected chi connectivity index (χ3v) is 3.03. The van der Waals surface area contributed by atoms with E-state index in [0.717, 1.165) is 0 Å². The van der Waals surface area contributed by atoms with Crippen molar-refractivity contribution < 1.29 is 4.74 Å². The quantitative estimate of drug-likeness (QED) is 0.763. The molecule has 1 rings (SSSR count). The van der Waals surface area contributed by atoms with E-state index in [1.54, 1.807) is 6.08 Å². The van der Waals surface area contributed by atoms with Gasteiger partial charge in [0.1, 0.15) is 10.6 Å². The first-order chi connectivity index (χ1) is 5.85. The van der Waals surface area contributed by atoms with E-state index >= 15 is 0 Å². The van der Waals surface area contributed by atoms with Crippen molar-refractivity contribution in [3.63, 3.8) is 0 Å². The summed E-state index contributed by atoms with van der Waals surface area (Å²) in [6, 6.07) is 0. The van der Waals surface area contributed by atoms with Gasteiger partial charge in [0.05, 0.1) is 0 Å². The maximum absolute atomic E-state index is 7.55. The summed E-state index contributed by atoms with van der Waals surface area (Å²) in [6.45, 7) is 6.05. The van der Waals surface area contributed by atoms with E-state index in [0.29, 0.717) is 5.90 Å². The van der Waals surface area contributed by atoms with Gasteiger partial charge in [0, 0.05) is 11.3 Å². The molecule has 0 spiro atoms. The Morgan fingerprint density at radius 3 is 2.29 bits per heavy atom. The highest BCUT2D eigenvalue weighted by atomic mass is 35.5. The van der Waals surface area contributed by atoms with Crippen molar-refractivity contribution in [3.8, 4) is 0 Å². The summed E-state index contributed by atoms with van der Waals surface area (Å²) in [4.78, 5) is 0. The van der Waals surface area contributed by atoms with Crippen LogP contribution in [0.3, 0.4) is 0 Å². The average molecular weight is 259 g/mol. The van der Waals surface area contributed by atoms with E-state index in [9.17, 15) is 0 Å². The summed E-state index contributed by atoms with van der Waals surface area (Å²) in [5.41, 5.74) is -0.119. The van der Waals surface area contributed by atoms with Crippen molar-refractivity contribution in [2.75, 3.05) is 0 Å². The highest BCUT2D eigenvalue weighted by Crippen LogP contribution is 2.41. The number of rotatable bonds is 1. The molecule has 2 atom stereocenters. The van der Waals surface area contributed by atoms with Gasteiger partial charge in [-0.1, -0.05) is 44.0 Å². The van der Waals surface area contributed by atoms with Gasteiger partial charge < -0.3 is 4.74 Å². The molecule has 1 fully saturated rings. The molecule has 1 aliphatic rings. The van der Waals surface area contributed by atoms with Gasteiger partial charge in [-0.25, -0.2) is 0 Å². The molecule has 0 aliphatic carbocycles. The van der Waals surface area contributed by atoms with Crippen molar-refractivity contribution in [2.45, 2.75) is 26.9 Å². The minimum Gasteiger partial charge on any atom is -0.473 e. The molecule has 0 bridgehead atoms. The Kier molecular flexibility index (Phi) is 4.76. The van der Waals surface area contributed by atoms with Crippen LogP contribution in [0.15, 0.2) is 10.6 Å². The Balaban J connectivity index is 0.00000169. The van der Waals surface area contributed by atoms with E-state index in [2.05, 4.69) is 0 Å². The highest BCUT2D eigenvalue weighted by Gasteiger charge is 2.45. The maximum atomic E-state index is 7.55. The van der Waals surface area contributed by atoms with Crippen molar-refractivity contribution >= 4 is 41.5 Å². The highest BCUT2D eigenvalue weighted by molar-refractivity contribution is 6.55. The second-order valence-corrected chi connectivity index (χ2v) is 4.91. The monoisotopic (exact) mass is 257 g/mol. The van der Waals surface area contributed by atoms with E-state index in [4.69, 9.17) is 33.3 Å². The number of hydrogen-bond donors (Lipinski definition) is 1. The molecule has 0 aromatic rings. The van der Waals surface area contributed by atoms with Crippen LogP contribution < -0.4 is 0 Å². The Morgan fingerprint density at radius 2 is 2.00 bits per heavy atom. The van der Waals surface area contributed by atoms with Crippen LogP contribution in [0.1, 0.15) is 20.8 Å². The fourth-order valence-corrected chi connectivity index (χ4v) is 1.57. The van der Waals surface area contributed by atoms with Crippen LogP contribution >= 0.6 is 35.6 Å². The Morgan fingerprint density at radius 1 is 1.50 bits per heavy atom. The summed E-state index contributed by atoms with van der Waals surface area (Å²) in [5, 5.41) is 7.55. The molecule has 2 nitrogen and oxygen atoms in total. The lowest BCUT2D eigenvalue weighted by atomic mass is 9.78. The lowest BCUT2D eigenvalue weighted by Crippen LogP contribution is -2.27. The smallest absolute Gasteiger partial charge is 0.184 e. The topological polar surface area (TPSA) is 33.1 Å². The summed E-state index contributed by atoms with van der Waals surface area (Å²) in [6.07, 6.45) is 1.45. The van der Waals surface area contributed by atoms with Gasteiger partial charge >= 0.3 is 0 Å². The lowest BCUT2D eigenvalue weighted by Gasteiger charge is -2.24. The summed E-state index contributed by atoms with van der Waals surface area (Å²) >= 11 is 11.1. The predicted molar refractivity (Wildman–Crippen MR) is 62.6 cm³/mol. The first-order valence-electron chi connectivity index (χ1n) is 4.13. The van der Waals surface area contributed by atoms with Crippen LogP contribution in [-0.4, -0.2) is 12.0 Å². The van der Waals surface area contributed by atoms with Crippen LogP contribution in [0.2, 0.25) is 0 Å². The van der Waals surface area contributed by atoms with Gasteiger partial charge in [-0.2, -0.15) is 0 Å². The van der Waals surface area contributed by atoms with Crippen molar-refractivity contribution in [3.05, 3.63) is 10.6 Å². The van der Waals surface area contributed by atoms with E-state index in [1.165, 1.54) is 0 Å². The minimum absolute atomic E-state index is 0. The minimum atomic E-state index is -0.194. The lowest BCUT2D eigenvalue weighted by molar-refractivity contribution is 0.150. The van der Waals surface area contributed by atoms with Crippen LogP contribution in [0.4, 0.5) is 0 Å². The first-order valence-corrected chi connectivity index (χ1v) is 4.89. The molecule has 1 saturated heterocycles. The molecule has 1 N–H and O–H groups in total. The molecule has 14 heavy (non-hydrogen) atoms. The van der Waals surface area contributed by atoms with Gasteiger partial charge in [-0.15, -0.1) is 12.4 Å². The van der Waals surface area contributed by atoms with E-state index in [1.807, 2.05) is 20.8 Å². The molecule has 82 valence electrons. The molecule has 0 radical (unpaired) electrons. The van der Waals surface area contributed by atoms with Crippen LogP contribution in [0, 0.1) is 16.7 Å². The Labute approximate surface area is 101 Å². The Hall–Kier alpha value is 0.0800. The summed E-state index contributed by atoms with van der Waals surface area (Å²) in [5.74, 6) is 0.405. The normalized spacial score (nSPS) is 29.1. The molecule has 0 amide bonds. The Bertz CT molecular complexity index is 259. The maximum Gasteiger partial charge on any atom is 0.184 e. The van der Waals surface area contributed by atoms with Crippen molar-refractivity contribution in [2.24, 2.45) is 11.3 Å². The predicted octanol–water partition coefficient (Wildman–Crippen LogP) is 3.77. The van der Waals surface area contributed by atoms with Gasteiger partial charge in [0.25, 0.3) is 0 Å². The van der Waals surface area contributed by atoms with Crippen molar-refractivity contribution in [1.29, 1.82) is 5.41 Å². The standard InChI is InChI=1S/C9H13Cl2NO.ClH/c1-5-8(12)13-6(4-7(10)11)9(5,2)3;/h4-6,12H,1-3H3;1H. The second kappa shape index (κ2) is 4.73. The van der Waals surface area contributed by atoms with Gasteiger partial charge in [0.15, 0.2) is 5.90 Å². The average Bonchev–Trinajstić information content (AvgIpc) is 2.15. The van der Waals surface area contributed by atoms with Crippen LogP contribution in [0.5, 0.6) is 0 Å². The summed E-state index contributed by atoms with van der Waals surface area (Å²) in [7, 11) is 0. The van der Waals surface area contributed by atoms with Crippen LogP contribution in [0.25, 0.3) is 0 Å². The molecule has 1 aliphatic heterocycles. The van der Waals surface area contributed by atoms with Crippen molar-refractivity contribution in [1.82, 2.24) is 0 Å². The molecule has 2 unspecified atom stereocenters. The zero-order valence-electron chi connectivity index (χ0n) is 8.30. The fraction of sp³-hybridized carbons (Fsp3) is 0.667. The molecule has 0 saturated carbocycles. The SMILES string of the molecule is CC1C(=N)OC(C=C(Cl)Cl)C1(C)C.Cl. The fourth-order valence-electron chi connectivity index (χ4n) is 1.34. The number of nitrogens with one attached hydrogen (secondary N) is 1. The number of hydrogen-bond acceptors (Lipinski definition) is 2. The van der Waals surface area contributed by atoms with Gasteiger partial charge in [-0.3, -0.25) is 5.41 Å². The first kappa shape index (κ1) is 14.1. The number of ether oxygens (including phenoxy) is 1. The molecule has 0 aromatic carbocycles. The van der Waals surface area contributed by atoms with E-state index in [-0.39, 0.29) is 34.3 Å². The molecular weight excluding hydrogens is 244 g/mol. The van der Waals surface area contributed by atoms with Gasteiger partial charge in [-0.05, 0) is 6.08 Å². The van der Waals surface area contributed by atoms with E-state index < -0.39 is 0 Å². The zero-order valence-corrected chi connectivity index (χ0v) is 10.6. The molecular formula is C9H14Cl3NO. The zero-order chi connectivity index (χ0) is 10.2. The second-order valence-electron chi connectivity index (χ2n) is 3.90.